The first-order valence-corrected chi connectivity index (χ1v) is 8.86. The maximum absolute atomic E-state index is 12.0. The average molecular weight is 333 g/mol. The number of carbonyl (C=O) groups excluding carboxylic acids is 1. The van der Waals surface area contributed by atoms with Crippen LogP contribution in [0.25, 0.3) is 0 Å². The van der Waals surface area contributed by atoms with Crippen molar-refractivity contribution in [3.8, 4) is 0 Å². The molecule has 21 heavy (non-hydrogen) atoms. The molecule has 0 saturated carbocycles. The van der Waals surface area contributed by atoms with Crippen LogP contribution in [0.5, 0.6) is 0 Å². The number of amides is 1. The molecule has 0 spiro atoms. The highest BCUT2D eigenvalue weighted by molar-refractivity contribution is 7.92. The number of benzene rings is 1. The number of sulfonamides is 1. The van der Waals surface area contributed by atoms with Crippen LogP contribution in [0.2, 0.25) is 5.02 Å². The van der Waals surface area contributed by atoms with Crippen LogP contribution >= 0.6 is 11.6 Å². The van der Waals surface area contributed by atoms with E-state index in [0.29, 0.717) is 10.7 Å². The SMILES string of the molecule is CC(C)C(C)NC(=O)CN(c1ccc(Cl)cc1)S(C)(=O)=O. The first-order chi connectivity index (χ1) is 9.61. The number of hydrogen-bond acceptors (Lipinski definition) is 3. The van der Waals surface area contributed by atoms with Gasteiger partial charge in [0.1, 0.15) is 6.54 Å². The number of carbonyl (C=O) groups is 1. The van der Waals surface area contributed by atoms with E-state index in [1.165, 1.54) is 0 Å². The number of rotatable bonds is 6. The second kappa shape index (κ2) is 7.13. The fourth-order valence-corrected chi connectivity index (χ4v) is 2.59. The zero-order valence-electron chi connectivity index (χ0n) is 12.6. The average Bonchev–Trinajstić information content (AvgIpc) is 2.35. The molecule has 0 radical (unpaired) electrons. The molecule has 0 aliphatic carbocycles. The van der Waals surface area contributed by atoms with Crippen molar-refractivity contribution in [2.75, 3.05) is 17.1 Å². The van der Waals surface area contributed by atoms with E-state index in [0.717, 1.165) is 10.6 Å². The van der Waals surface area contributed by atoms with Crippen LogP contribution in [-0.2, 0) is 14.8 Å². The molecule has 0 aliphatic heterocycles. The van der Waals surface area contributed by atoms with Gasteiger partial charge in [-0.2, -0.15) is 0 Å². The predicted molar refractivity (Wildman–Crippen MR) is 86.1 cm³/mol. The van der Waals surface area contributed by atoms with E-state index < -0.39 is 10.0 Å². The number of nitrogens with one attached hydrogen (secondary N) is 1. The van der Waals surface area contributed by atoms with Gasteiger partial charge in [0.25, 0.3) is 0 Å². The molecule has 1 atom stereocenters. The van der Waals surface area contributed by atoms with Crippen LogP contribution in [0.4, 0.5) is 5.69 Å². The monoisotopic (exact) mass is 332 g/mol. The Kier molecular flexibility index (Phi) is 6.04. The Morgan fingerprint density at radius 2 is 1.76 bits per heavy atom. The third-order valence-corrected chi connectivity index (χ3v) is 4.58. The molecule has 0 bridgehead atoms. The summed E-state index contributed by atoms with van der Waals surface area (Å²) in [7, 11) is -3.55. The summed E-state index contributed by atoms with van der Waals surface area (Å²) in [5.74, 6) is -0.0623. The Balaban J connectivity index is 2.91. The summed E-state index contributed by atoms with van der Waals surface area (Å²) < 4.78 is 24.8. The Labute approximate surface area is 131 Å². The molecule has 0 aromatic heterocycles. The van der Waals surface area contributed by atoms with E-state index in [1.807, 2.05) is 20.8 Å². The van der Waals surface area contributed by atoms with E-state index >= 15 is 0 Å². The van der Waals surface area contributed by atoms with Crippen molar-refractivity contribution in [3.05, 3.63) is 29.3 Å². The molecule has 1 N–H and O–H groups in total. The summed E-state index contributed by atoms with van der Waals surface area (Å²) >= 11 is 5.79. The summed E-state index contributed by atoms with van der Waals surface area (Å²) in [6, 6.07) is 6.29. The Morgan fingerprint density at radius 3 is 2.19 bits per heavy atom. The molecule has 1 aromatic rings. The van der Waals surface area contributed by atoms with Crippen LogP contribution in [-0.4, -0.2) is 33.2 Å². The van der Waals surface area contributed by atoms with Gasteiger partial charge in [-0.05, 0) is 37.1 Å². The lowest BCUT2D eigenvalue weighted by Gasteiger charge is -2.24. The maximum atomic E-state index is 12.0. The highest BCUT2D eigenvalue weighted by Crippen LogP contribution is 2.20. The summed E-state index contributed by atoms with van der Waals surface area (Å²) in [4.78, 5) is 12.0. The summed E-state index contributed by atoms with van der Waals surface area (Å²) in [5.41, 5.74) is 0.411. The van der Waals surface area contributed by atoms with Crippen LogP contribution in [0.3, 0.4) is 0 Å². The zero-order chi connectivity index (χ0) is 16.2. The second-order valence-electron chi connectivity index (χ2n) is 5.35. The first-order valence-electron chi connectivity index (χ1n) is 6.64. The number of hydrogen-bond donors (Lipinski definition) is 1. The Morgan fingerprint density at radius 1 is 1.24 bits per heavy atom. The molecule has 7 heteroatoms. The number of halogens is 1. The van der Waals surface area contributed by atoms with Crippen LogP contribution in [0.1, 0.15) is 20.8 Å². The van der Waals surface area contributed by atoms with E-state index in [9.17, 15) is 13.2 Å². The molecule has 1 amide bonds. The smallest absolute Gasteiger partial charge is 0.240 e. The molecule has 1 aromatic carbocycles. The molecular weight excluding hydrogens is 312 g/mol. The van der Waals surface area contributed by atoms with Gasteiger partial charge >= 0.3 is 0 Å². The van der Waals surface area contributed by atoms with Crippen molar-refractivity contribution in [2.24, 2.45) is 5.92 Å². The maximum Gasteiger partial charge on any atom is 0.240 e. The fourth-order valence-electron chi connectivity index (χ4n) is 1.60. The van der Waals surface area contributed by atoms with Gasteiger partial charge in [-0.15, -0.1) is 0 Å². The van der Waals surface area contributed by atoms with Gasteiger partial charge in [-0.25, -0.2) is 8.42 Å². The summed E-state index contributed by atoms with van der Waals surface area (Å²) in [6.07, 6.45) is 1.07. The van der Waals surface area contributed by atoms with Gasteiger partial charge in [0, 0.05) is 11.1 Å². The van der Waals surface area contributed by atoms with Crippen molar-refractivity contribution in [1.29, 1.82) is 0 Å². The molecular formula is C14H21ClN2O3S. The van der Waals surface area contributed by atoms with Gasteiger partial charge in [-0.1, -0.05) is 25.4 Å². The first kappa shape index (κ1) is 17.8. The van der Waals surface area contributed by atoms with E-state index in [1.54, 1.807) is 24.3 Å². The van der Waals surface area contributed by atoms with Crippen LogP contribution in [0, 0.1) is 5.92 Å². The highest BCUT2D eigenvalue weighted by Gasteiger charge is 2.22. The summed E-state index contributed by atoms with van der Waals surface area (Å²) in [6.45, 7) is 5.60. The van der Waals surface area contributed by atoms with Crippen molar-refractivity contribution < 1.29 is 13.2 Å². The third kappa shape index (κ3) is 5.55. The van der Waals surface area contributed by atoms with Gasteiger partial charge in [0.05, 0.1) is 11.9 Å². The van der Waals surface area contributed by atoms with E-state index in [-0.39, 0.29) is 24.4 Å². The van der Waals surface area contributed by atoms with Gasteiger partial charge in [0.15, 0.2) is 0 Å². The van der Waals surface area contributed by atoms with Crippen LogP contribution in [0.15, 0.2) is 24.3 Å². The minimum atomic E-state index is -3.55. The molecule has 0 aliphatic rings. The number of nitrogens with zero attached hydrogens (tertiary/aromatic N) is 1. The number of anilines is 1. The lowest BCUT2D eigenvalue weighted by atomic mass is 10.1. The molecule has 1 rings (SSSR count). The van der Waals surface area contributed by atoms with E-state index in [2.05, 4.69) is 5.32 Å². The largest absolute Gasteiger partial charge is 0.352 e. The van der Waals surface area contributed by atoms with Crippen molar-refractivity contribution in [2.45, 2.75) is 26.8 Å². The normalized spacial score (nSPS) is 13.0. The lowest BCUT2D eigenvalue weighted by molar-refractivity contribution is -0.120. The van der Waals surface area contributed by atoms with E-state index in [4.69, 9.17) is 11.6 Å². The molecule has 118 valence electrons. The Hall–Kier alpha value is -1.27. The quantitative estimate of drug-likeness (QED) is 0.869. The minimum Gasteiger partial charge on any atom is -0.352 e. The predicted octanol–water partition coefficient (Wildman–Crippen LogP) is 2.27. The molecule has 0 fully saturated rings. The highest BCUT2D eigenvalue weighted by atomic mass is 35.5. The Bertz CT molecular complexity index is 585. The van der Waals surface area contributed by atoms with Crippen molar-refractivity contribution in [1.82, 2.24) is 5.32 Å². The van der Waals surface area contributed by atoms with Crippen molar-refractivity contribution >= 4 is 33.2 Å². The van der Waals surface area contributed by atoms with Crippen LogP contribution < -0.4 is 9.62 Å². The molecule has 0 saturated heterocycles. The topological polar surface area (TPSA) is 66.5 Å². The van der Waals surface area contributed by atoms with Gasteiger partial charge in [-0.3, -0.25) is 9.10 Å². The van der Waals surface area contributed by atoms with Gasteiger partial charge < -0.3 is 5.32 Å². The molecule has 5 nitrogen and oxygen atoms in total. The standard InChI is InChI=1S/C14H21ClN2O3S/c1-10(2)11(3)16-14(18)9-17(21(4,19)20)13-7-5-12(15)6-8-13/h5-8,10-11H,9H2,1-4H3,(H,16,18). The van der Waals surface area contributed by atoms with Crippen molar-refractivity contribution in [3.63, 3.8) is 0 Å². The molecule has 0 heterocycles. The molecule has 1 unspecified atom stereocenters. The minimum absolute atomic E-state index is 0.0240. The summed E-state index contributed by atoms with van der Waals surface area (Å²) in [5, 5.41) is 3.30. The zero-order valence-corrected chi connectivity index (χ0v) is 14.2. The lowest BCUT2D eigenvalue weighted by Crippen LogP contribution is -2.44. The van der Waals surface area contributed by atoms with Gasteiger partial charge in [0.2, 0.25) is 15.9 Å². The fraction of sp³-hybridized carbons (Fsp3) is 0.500. The second-order valence-corrected chi connectivity index (χ2v) is 7.69. The third-order valence-electron chi connectivity index (χ3n) is 3.19.